The van der Waals surface area contributed by atoms with E-state index in [0.29, 0.717) is 28.6 Å². The van der Waals surface area contributed by atoms with Crippen LogP contribution in [0, 0.1) is 11.3 Å². The Balaban J connectivity index is 0.00000141. The fourth-order valence-electron chi connectivity index (χ4n) is 3.82. The third-order valence-electron chi connectivity index (χ3n) is 5.02. The highest BCUT2D eigenvalue weighted by atomic mass is 16.5. The summed E-state index contributed by atoms with van der Waals surface area (Å²) in [6.07, 6.45) is 1.65. The number of nitrogens with zero attached hydrogens (tertiary/aromatic N) is 3. The van der Waals surface area contributed by atoms with Gasteiger partial charge in [-0.1, -0.05) is 37.2 Å². The van der Waals surface area contributed by atoms with Gasteiger partial charge >= 0.3 is 0 Å². The molecule has 7 heteroatoms. The van der Waals surface area contributed by atoms with Gasteiger partial charge in [-0.05, 0) is 56.0 Å². The first-order valence-electron chi connectivity index (χ1n) is 10.9. The Hall–Kier alpha value is -3.66. The maximum Gasteiger partial charge on any atom is 0.258 e. The number of nitrogens with one attached hydrogen (secondary N) is 1. The first kappa shape index (κ1) is 23.0. The lowest BCUT2D eigenvalue weighted by molar-refractivity contribution is -0.119. The quantitative estimate of drug-likeness (QED) is 0.594. The van der Waals surface area contributed by atoms with Crippen molar-refractivity contribution in [1.29, 1.82) is 5.26 Å². The van der Waals surface area contributed by atoms with Crippen LogP contribution in [0.2, 0.25) is 0 Å². The molecule has 1 heterocycles. The molecule has 0 bridgehead atoms. The average molecular weight is 433 g/mol. The third-order valence-corrected chi connectivity index (χ3v) is 5.02. The van der Waals surface area contributed by atoms with E-state index in [9.17, 15) is 10.1 Å². The van der Waals surface area contributed by atoms with Crippen LogP contribution in [0.4, 0.5) is 0 Å². The van der Waals surface area contributed by atoms with Crippen LogP contribution in [-0.4, -0.2) is 22.2 Å². The molecule has 4 rings (SSSR count). The zero-order valence-electron chi connectivity index (χ0n) is 19.1. The molecule has 0 radical (unpaired) electrons. The lowest BCUT2D eigenvalue weighted by Gasteiger charge is -2.12. The largest absolute Gasteiger partial charge is 0.490 e. The van der Waals surface area contributed by atoms with Crippen molar-refractivity contribution in [3.8, 4) is 34.7 Å². The summed E-state index contributed by atoms with van der Waals surface area (Å²) in [4.78, 5) is 16.0. The molecule has 0 saturated heterocycles. The van der Waals surface area contributed by atoms with Crippen molar-refractivity contribution >= 4 is 5.91 Å². The standard InChI is InChI=1S/C23H22N4O3.C2H6/c1-13(2)29-21-10-7-15(11-16(21)12-24)23-26-22(27-30-23)19-6-4-5-18-17(19)8-9-20(18)25-14(3)28;1-2/h4-7,10-11,13,20H,8-9H2,1-3H3,(H,25,28);1-2H3. The molecule has 166 valence electrons. The number of hydrogen-bond acceptors (Lipinski definition) is 6. The molecule has 0 spiro atoms. The molecule has 32 heavy (non-hydrogen) atoms. The van der Waals surface area contributed by atoms with Gasteiger partial charge in [0.25, 0.3) is 5.89 Å². The van der Waals surface area contributed by atoms with Crippen molar-refractivity contribution in [2.45, 2.75) is 59.6 Å². The number of aromatic nitrogens is 2. The van der Waals surface area contributed by atoms with Crippen LogP contribution in [0.25, 0.3) is 22.8 Å². The summed E-state index contributed by atoms with van der Waals surface area (Å²) in [5, 5.41) is 16.6. The first-order valence-corrected chi connectivity index (χ1v) is 10.9. The second-order valence-corrected chi connectivity index (χ2v) is 7.58. The van der Waals surface area contributed by atoms with Crippen LogP contribution < -0.4 is 10.1 Å². The van der Waals surface area contributed by atoms with Crippen LogP contribution in [0.5, 0.6) is 5.75 Å². The van der Waals surface area contributed by atoms with Gasteiger partial charge in [0.1, 0.15) is 11.8 Å². The topological polar surface area (TPSA) is 101 Å². The van der Waals surface area contributed by atoms with Crippen molar-refractivity contribution in [2.75, 3.05) is 0 Å². The Kier molecular flexibility index (Phi) is 7.26. The van der Waals surface area contributed by atoms with Crippen molar-refractivity contribution in [1.82, 2.24) is 15.5 Å². The second kappa shape index (κ2) is 10.1. The number of fused-ring (bicyclic) bond motifs is 1. The van der Waals surface area contributed by atoms with E-state index in [2.05, 4.69) is 21.5 Å². The molecular formula is C25H28N4O3. The smallest absolute Gasteiger partial charge is 0.258 e. The zero-order chi connectivity index (χ0) is 23.3. The summed E-state index contributed by atoms with van der Waals surface area (Å²) >= 11 is 0. The number of amides is 1. The molecule has 0 fully saturated rings. The van der Waals surface area contributed by atoms with Gasteiger partial charge in [0, 0.05) is 18.1 Å². The van der Waals surface area contributed by atoms with Gasteiger partial charge in [-0.2, -0.15) is 10.2 Å². The van der Waals surface area contributed by atoms with Crippen molar-refractivity contribution in [2.24, 2.45) is 0 Å². The maximum atomic E-state index is 11.5. The van der Waals surface area contributed by atoms with Crippen molar-refractivity contribution in [3.05, 3.63) is 53.1 Å². The summed E-state index contributed by atoms with van der Waals surface area (Å²) in [7, 11) is 0. The fourth-order valence-corrected chi connectivity index (χ4v) is 3.82. The Labute approximate surface area is 188 Å². The predicted molar refractivity (Wildman–Crippen MR) is 122 cm³/mol. The number of benzene rings is 2. The summed E-state index contributed by atoms with van der Waals surface area (Å²) < 4.78 is 11.2. The minimum Gasteiger partial charge on any atom is -0.490 e. The molecule has 0 saturated carbocycles. The Morgan fingerprint density at radius 3 is 2.75 bits per heavy atom. The number of hydrogen-bond donors (Lipinski definition) is 1. The molecule has 1 aliphatic carbocycles. The zero-order valence-corrected chi connectivity index (χ0v) is 19.1. The van der Waals surface area contributed by atoms with E-state index < -0.39 is 0 Å². The highest BCUT2D eigenvalue weighted by Gasteiger charge is 2.27. The van der Waals surface area contributed by atoms with Gasteiger partial charge in [0.15, 0.2) is 0 Å². The molecule has 3 aromatic rings. The highest BCUT2D eigenvalue weighted by molar-refractivity contribution is 5.74. The van der Waals surface area contributed by atoms with E-state index in [4.69, 9.17) is 9.26 Å². The van der Waals surface area contributed by atoms with Crippen molar-refractivity contribution < 1.29 is 14.1 Å². The molecule has 2 aromatic carbocycles. The minimum absolute atomic E-state index is 0.00973. The van der Waals surface area contributed by atoms with Crippen LogP contribution in [-0.2, 0) is 11.2 Å². The first-order chi connectivity index (χ1) is 15.5. The molecule has 1 amide bonds. The van der Waals surface area contributed by atoms with Gasteiger partial charge < -0.3 is 14.6 Å². The number of rotatable bonds is 5. The SMILES string of the molecule is CC.CC(=O)NC1CCc2c(-c3noc(-c4ccc(OC(C)C)c(C#N)c4)n3)cccc21. The summed E-state index contributed by atoms with van der Waals surface area (Å²) in [5.74, 6) is 1.32. The average Bonchev–Trinajstić information content (AvgIpc) is 3.42. The molecular weight excluding hydrogens is 404 g/mol. The lowest BCUT2D eigenvalue weighted by atomic mass is 10.0. The predicted octanol–water partition coefficient (Wildman–Crippen LogP) is 5.21. The fraction of sp³-hybridized carbons (Fsp3) is 0.360. The monoisotopic (exact) mass is 432 g/mol. The molecule has 1 unspecified atom stereocenters. The van der Waals surface area contributed by atoms with E-state index in [1.807, 2.05) is 45.9 Å². The summed E-state index contributed by atoms with van der Waals surface area (Å²) in [6.45, 7) is 9.35. The molecule has 1 aromatic heterocycles. The Morgan fingerprint density at radius 2 is 2.06 bits per heavy atom. The number of carbonyl (C=O) groups is 1. The third kappa shape index (κ3) is 4.80. The van der Waals surface area contributed by atoms with Gasteiger partial charge in [0.05, 0.1) is 17.7 Å². The maximum absolute atomic E-state index is 11.5. The lowest BCUT2D eigenvalue weighted by Crippen LogP contribution is -2.24. The van der Waals surface area contributed by atoms with E-state index in [-0.39, 0.29) is 18.1 Å². The van der Waals surface area contributed by atoms with Crippen LogP contribution in [0.1, 0.15) is 63.8 Å². The molecule has 1 atom stereocenters. The normalized spacial score (nSPS) is 14.2. The summed E-state index contributed by atoms with van der Waals surface area (Å²) in [6, 6.07) is 13.3. The Bertz CT molecular complexity index is 1140. The number of ether oxygens (including phenoxy) is 1. The van der Waals surface area contributed by atoms with Crippen LogP contribution in [0.3, 0.4) is 0 Å². The number of carbonyl (C=O) groups excluding carboxylic acids is 1. The summed E-state index contributed by atoms with van der Waals surface area (Å²) in [5.41, 5.74) is 4.19. The van der Waals surface area contributed by atoms with Gasteiger partial charge in [0.2, 0.25) is 11.7 Å². The number of nitriles is 1. The molecule has 0 aliphatic heterocycles. The highest BCUT2D eigenvalue weighted by Crippen LogP contribution is 2.37. The van der Waals surface area contributed by atoms with E-state index in [1.165, 1.54) is 6.92 Å². The van der Waals surface area contributed by atoms with Crippen LogP contribution >= 0.6 is 0 Å². The Morgan fingerprint density at radius 1 is 1.28 bits per heavy atom. The van der Waals surface area contributed by atoms with Gasteiger partial charge in [-0.3, -0.25) is 4.79 Å². The molecule has 1 N–H and O–H groups in total. The molecule has 1 aliphatic rings. The van der Waals surface area contributed by atoms with E-state index in [0.717, 1.165) is 29.5 Å². The van der Waals surface area contributed by atoms with Gasteiger partial charge in [-0.25, -0.2) is 0 Å². The molecule has 7 nitrogen and oxygen atoms in total. The van der Waals surface area contributed by atoms with Crippen LogP contribution in [0.15, 0.2) is 40.9 Å². The minimum atomic E-state index is -0.0432. The van der Waals surface area contributed by atoms with Crippen molar-refractivity contribution in [3.63, 3.8) is 0 Å². The van der Waals surface area contributed by atoms with E-state index >= 15 is 0 Å². The van der Waals surface area contributed by atoms with E-state index in [1.54, 1.807) is 18.2 Å². The van der Waals surface area contributed by atoms with Gasteiger partial charge in [-0.15, -0.1) is 0 Å². The second-order valence-electron chi connectivity index (χ2n) is 7.58.